The zero-order chi connectivity index (χ0) is 17.9. The number of pyridine rings is 1. The molecule has 3 aromatic rings. The third-order valence-corrected chi connectivity index (χ3v) is 5.65. The average molecular weight is 375 g/mol. The highest BCUT2D eigenvalue weighted by Gasteiger charge is 2.57. The fourth-order valence-corrected chi connectivity index (χ4v) is 4.19. The number of alkyl halides is 2. The molecule has 0 unspecified atom stereocenters. The number of halogens is 2. The maximum absolute atomic E-state index is 12.6. The quantitative estimate of drug-likeness (QED) is 0.753. The summed E-state index contributed by atoms with van der Waals surface area (Å²) < 4.78 is 30.1. The van der Waals surface area contributed by atoms with E-state index in [0.717, 1.165) is 34.7 Å². The van der Waals surface area contributed by atoms with Crippen molar-refractivity contribution in [2.45, 2.75) is 31.1 Å². The van der Waals surface area contributed by atoms with Crippen LogP contribution < -0.4 is 5.32 Å². The molecule has 4 heterocycles. The summed E-state index contributed by atoms with van der Waals surface area (Å²) in [7, 11) is 0. The first-order chi connectivity index (χ1) is 12.6. The van der Waals surface area contributed by atoms with Gasteiger partial charge in [-0.3, -0.25) is 9.78 Å². The van der Waals surface area contributed by atoms with E-state index in [0.29, 0.717) is 11.3 Å². The van der Waals surface area contributed by atoms with Crippen LogP contribution in [0.1, 0.15) is 41.3 Å². The van der Waals surface area contributed by atoms with Gasteiger partial charge in [0.2, 0.25) is 5.91 Å². The van der Waals surface area contributed by atoms with Gasteiger partial charge in [0.25, 0.3) is 11.8 Å². The Balaban J connectivity index is 1.45. The molecule has 1 spiro atoms. The van der Waals surface area contributed by atoms with Gasteiger partial charge >= 0.3 is 6.43 Å². The third kappa shape index (κ3) is 2.25. The van der Waals surface area contributed by atoms with Crippen molar-refractivity contribution in [1.82, 2.24) is 20.2 Å². The molecule has 0 bridgehead atoms. The lowest BCUT2D eigenvalue weighted by Crippen LogP contribution is -2.19. The van der Waals surface area contributed by atoms with Crippen molar-refractivity contribution < 1.29 is 18.0 Å². The molecule has 132 valence electrons. The third-order valence-electron chi connectivity index (χ3n) is 4.67. The van der Waals surface area contributed by atoms with Crippen molar-refractivity contribution in [3.8, 4) is 10.8 Å². The number of thiazole rings is 1. The van der Waals surface area contributed by atoms with E-state index < -0.39 is 17.7 Å². The van der Waals surface area contributed by atoms with Crippen molar-refractivity contribution in [1.29, 1.82) is 0 Å². The molecule has 3 aromatic heterocycles. The number of amides is 1. The smallest absolute Gasteiger partial charge is 0.314 e. The van der Waals surface area contributed by atoms with E-state index in [1.165, 1.54) is 17.5 Å². The topological polar surface area (TPSA) is 93.8 Å². The van der Waals surface area contributed by atoms with Crippen LogP contribution in [0, 0.1) is 0 Å². The van der Waals surface area contributed by atoms with Crippen LogP contribution in [0.15, 0.2) is 23.0 Å². The summed E-state index contributed by atoms with van der Waals surface area (Å²) in [6.07, 6.45) is 4.31. The minimum atomic E-state index is -2.80. The highest BCUT2D eigenvalue weighted by molar-refractivity contribution is 7.15. The Hall–Kier alpha value is -2.75. The lowest BCUT2D eigenvalue weighted by molar-refractivity contribution is -0.117. The molecule has 2 aliphatic rings. The van der Waals surface area contributed by atoms with Crippen molar-refractivity contribution in [2.75, 3.05) is 5.32 Å². The molecule has 0 atom stereocenters. The number of aromatic nitrogens is 4. The molecule has 7 nitrogen and oxygen atoms in total. The zero-order valence-electron chi connectivity index (χ0n) is 13.2. The number of carbonyl (C=O) groups excluding carboxylic acids is 1. The first-order valence-corrected chi connectivity index (χ1v) is 8.74. The van der Waals surface area contributed by atoms with Gasteiger partial charge in [-0.15, -0.1) is 21.5 Å². The molecule has 0 aromatic carbocycles. The van der Waals surface area contributed by atoms with Crippen LogP contribution in [0.25, 0.3) is 10.8 Å². The standard InChI is InChI=1S/C16H11F2N5O2S/c17-12(18)14-23-22-13(25-14)9-6-20-10(26-9)3-7-4-19-5-8-11(7)16(1-2-16)15(24)21-8/h4-6,12H,1-3H2,(H,21,24). The predicted octanol–water partition coefficient (Wildman–Crippen LogP) is 3.10. The highest BCUT2D eigenvalue weighted by Crippen LogP contribution is 2.56. The molecule has 10 heteroatoms. The molecule has 0 saturated heterocycles. The summed E-state index contributed by atoms with van der Waals surface area (Å²) in [5.41, 5.74) is 2.30. The second-order valence-corrected chi connectivity index (χ2v) is 7.41. The van der Waals surface area contributed by atoms with E-state index >= 15 is 0 Å². The fraction of sp³-hybridized carbons (Fsp3) is 0.312. The van der Waals surface area contributed by atoms with E-state index in [9.17, 15) is 13.6 Å². The number of fused-ring (bicyclic) bond motifs is 2. The minimum Gasteiger partial charge on any atom is -0.414 e. The molecule has 1 aliphatic carbocycles. The molecular weight excluding hydrogens is 364 g/mol. The van der Waals surface area contributed by atoms with Crippen LogP contribution in [0.3, 0.4) is 0 Å². The summed E-state index contributed by atoms with van der Waals surface area (Å²) in [6, 6.07) is 0. The van der Waals surface area contributed by atoms with Gasteiger partial charge < -0.3 is 9.73 Å². The number of nitrogens with zero attached hydrogens (tertiary/aromatic N) is 4. The van der Waals surface area contributed by atoms with Crippen LogP contribution >= 0.6 is 11.3 Å². The summed E-state index contributed by atoms with van der Waals surface area (Å²) >= 11 is 1.29. The summed E-state index contributed by atoms with van der Waals surface area (Å²) in [5.74, 6) is -0.650. The molecule has 26 heavy (non-hydrogen) atoms. The van der Waals surface area contributed by atoms with Crippen LogP contribution in [0.4, 0.5) is 14.5 Å². The molecule has 1 N–H and O–H groups in total. The monoisotopic (exact) mass is 375 g/mol. The van der Waals surface area contributed by atoms with E-state index in [-0.39, 0.29) is 11.8 Å². The Morgan fingerprint density at radius 2 is 2.12 bits per heavy atom. The minimum absolute atomic E-state index is 0.0240. The van der Waals surface area contributed by atoms with E-state index in [4.69, 9.17) is 4.42 Å². The van der Waals surface area contributed by atoms with Gasteiger partial charge in [0.15, 0.2) is 0 Å². The number of nitrogens with one attached hydrogen (secondary N) is 1. The number of hydrogen-bond acceptors (Lipinski definition) is 7. The Labute approximate surface area is 149 Å². The Morgan fingerprint density at radius 3 is 2.85 bits per heavy atom. The van der Waals surface area contributed by atoms with Crippen LogP contribution in [-0.4, -0.2) is 26.1 Å². The zero-order valence-corrected chi connectivity index (χ0v) is 14.0. The lowest BCUT2D eigenvalue weighted by Gasteiger charge is -2.10. The van der Waals surface area contributed by atoms with Gasteiger partial charge in [-0.05, 0) is 24.0 Å². The van der Waals surface area contributed by atoms with Gasteiger partial charge in [-0.25, -0.2) is 4.98 Å². The SMILES string of the molecule is O=C1Nc2cncc(Cc3ncc(-c4nnc(C(F)F)o4)s3)c2C12CC2. The molecule has 1 saturated carbocycles. The van der Waals surface area contributed by atoms with E-state index in [1.54, 1.807) is 12.4 Å². The van der Waals surface area contributed by atoms with Crippen molar-refractivity contribution in [3.05, 3.63) is 40.6 Å². The molecule has 5 rings (SSSR count). The largest absolute Gasteiger partial charge is 0.414 e. The van der Waals surface area contributed by atoms with Crippen molar-refractivity contribution >= 4 is 22.9 Å². The molecule has 0 radical (unpaired) electrons. The Bertz CT molecular complexity index is 1030. The fourth-order valence-electron chi connectivity index (χ4n) is 3.33. The van der Waals surface area contributed by atoms with Crippen LogP contribution in [-0.2, 0) is 16.6 Å². The highest BCUT2D eigenvalue weighted by atomic mass is 32.1. The lowest BCUT2D eigenvalue weighted by atomic mass is 9.93. The van der Waals surface area contributed by atoms with Crippen LogP contribution in [0.2, 0.25) is 0 Å². The van der Waals surface area contributed by atoms with Crippen molar-refractivity contribution in [3.63, 3.8) is 0 Å². The molecule has 1 fully saturated rings. The van der Waals surface area contributed by atoms with Gasteiger partial charge in [0, 0.05) is 12.6 Å². The van der Waals surface area contributed by atoms with E-state index in [1.807, 2.05) is 0 Å². The Kier molecular flexibility index (Phi) is 3.20. The van der Waals surface area contributed by atoms with Gasteiger partial charge in [0.1, 0.15) is 4.88 Å². The summed E-state index contributed by atoms with van der Waals surface area (Å²) in [5, 5.41) is 10.6. The van der Waals surface area contributed by atoms with Gasteiger partial charge in [0.05, 0.1) is 28.5 Å². The average Bonchev–Trinajstić information content (AvgIpc) is 2.95. The molecule has 1 aliphatic heterocycles. The number of rotatable bonds is 4. The summed E-state index contributed by atoms with van der Waals surface area (Å²) in [4.78, 5) is 21.3. The predicted molar refractivity (Wildman–Crippen MR) is 86.9 cm³/mol. The van der Waals surface area contributed by atoms with Crippen LogP contribution in [0.5, 0.6) is 0 Å². The number of anilines is 1. The summed E-state index contributed by atoms with van der Waals surface area (Å²) in [6.45, 7) is 0. The molecular formula is C16H11F2N5O2S. The van der Waals surface area contributed by atoms with Gasteiger partial charge in [-0.2, -0.15) is 8.78 Å². The maximum Gasteiger partial charge on any atom is 0.314 e. The number of hydrogen-bond donors (Lipinski definition) is 1. The number of carbonyl (C=O) groups is 1. The first-order valence-electron chi connectivity index (χ1n) is 7.92. The first kappa shape index (κ1) is 15.5. The molecule has 1 amide bonds. The van der Waals surface area contributed by atoms with E-state index in [2.05, 4.69) is 25.5 Å². The normalized spacial score (nSPS) is 17.0. The maximum atomic E-state index is 12.6. The second kappa shape index (κ2) is 5.37. The Morgan fingerprint density at radius 1 is 1.27 bits per heavy atom. The van der Waals surface area contributed by atoms with Crippen molar-refractivity contribution in [2.24, 2.45) is 0 Å². The van der Waals surface area contributed by atoms with Gasteiger partial charge in [-0.1, -0.05) is 0 Å². The second-order valence-electron chi connectivity index (χ2n) is 6.30.